The monoisotopic (exact) mass is 210 g/mol. The number of fused-ring (bicyclic) bond motifs is 1. The lowest BCUT2D eigenvalue weighted by molar-refractivity contribution is 0.601. The van der Waals surface area contributed by atoms with Crippen LogP contribution in [0.1, 0.15) is 0 Å². The lowest BCUT2D eigenvalue weighted by Gasteiger charge is -1.98. The Hall–Kier alpha value is -1.36. The summed E-state index contributed by atoms with van der Waals surface area (Å²) in [5.41, 5.74) is 0.789. The quantitative estimate of drug-likeness (QED) is 0.705. The van der Waals surface area contributed by atoms with E-state index in [2.05, 4.69) is 4.98 Å². The number of aryl methyl sites for hydroxylation is 1. The third-order valence-corrected chi connectivity index (χ3v) is 3.19. The van der Waals surface area contributed by atoms with Gasteiger partial charge in [-0.2, -0.15) is 0 Å². The molecule has 0 aliphatic carbocycles. The molecule has 0 atom stereocenters. The number of rotatable bonds is 1. The molecule has 0 bridgehead atoms. The molecule has 0 N–H and O–H groups in total. The molecule has 0 radical (unpaired) electrons. The highest BCUT2D eigenvalue weighted by atomic mass is 32.2. The van der Waals surface area contributed by atoms with Gasteiger partial charge < -0.3 is 4.57 Å². The molecule has 2 aromatic heterocycles. The van der Waals surface area contributed by atoms with Gasteiger partial charge in [0.25, 0.3) is 0 Å². The maximum atomic E-state index is 11.2. The van der Waals surface area contributed by atoms with Crippen molar-refractivity contribution in [3.05, 3.63) is 24.5 Å². The highest BCUT2D eigenvalue weighted by molar-refractivity contribution is 7.90. The molecule has 2 heterocycles. The van der Waals surface area contributed by atoms with Crippen LogP contribution in [-0.4, -0.2) is 24.2 Å². The smallest absolute Gasteiger partial charge is 0.177 e. The molecular formula is C9H10N2O2S. The Bertz CT molecular complexity index is 584. The zero-order valence-electron chi connectivity index (χ0n) is 7.93. The molecule has 0 aromatic carbocycles. The third-order valence-electron chi connectivity index (χ3n) is 2.11. The van der Waals surface area contributed by atoms with Gasteiger partial charge in [-0.25, -0.2) is 13.4 Å². The van der Waals surface area contributed by atoms with Gasteiger partial charge in [-0.05, 0) is 12.1 Å². The fourth-order valence-corrected chi connectivity index (χ4v) is 1.92. The van der Waals surface area contributed by atoms with Gasteiger partial charge >= 0.3 is 0 Å². The zero-order valence-corrected chi connectivity index (χ0v) is 8.75. The van der Waals surface area contributed by atoms with Crippen molar-refractivity contribution in [2.75, 3.05) is 6.26 Å². The molecule has 0 amide bonds. The second kappa shape index (κ2) is 2.81. The van der Waals surface area contributed by atoms with Crippen molar-refractivity contribution in [3.63, 3.8) is 0 Å². The van der Waals surface area contributed by atoms with E-state index in [0.29, 0.717) is 0 Å². The van der Waals surface area contributed by atoms with Crippen LogP contribution < -0.4 is 0 Å². The molecule has 0 unspecified atom stereocenters. The minimum atomic E-state index is -3.16. The topological polar surface area (TPSA) is 52.0 Å². The molecule has 4 nitrogen and oxygen atoms in total. The van der Waals surface area contributed by atoms with Gasteiger partial charge in [-0.15, -0.1) is 0 Å². The average molecular weight is 210 g/mol. The maximum absolute atomic E-state index is 11.2. The molecule has 74 valence electrons. The van der Waals surface area contributed by atoms with Crippen LogP contribution >= 0.6 is 0 Å². The maximum Gasteiger partial charge on any atom is 0.177 e. The van der Waals surface area contributed by atoms with E-state index in [0.717, 1.165) is 11.0 Å². The molecule has 0 saturated carbocycles. The predicted octanol–water partition coefficient (Wildman–Crippen LogP) is 0.977. The van der Waals surface area contributed by atoms with Crippen molar-refractivity contribution in [2.24, 2.45) is 7.05 Å². The second-order valence-electron chi connectivity index (χ2n) is 3.28. The van der Waals surface area contributed by atoms with Crippen molar-refractivity contribution in [1.82, 2.24) is 9.55 Å². The second-order valence-corrected chi connectivity index (χ2v) is 5.30. The Morgan fingerprint density at radius 2 is 2.14 bits per heavy atom. The van der Waals surface area contributed by atoms with Crippen LogP contribution in [-0.2, 0) is 16.9 Å². The molecule has 0 spiro atoms. The first-order valence-electron chi connectivity index (χ1n) is 4.09. The number of pyridine rings is 1. The summed E-state index contributed by atoms with van der Waals surface area (Å²) in [4.78, 5) is 4.35. The van der Waals surface area contributed by atoms with Crippen molar-refractivity contribution in [1.29, 1.82) is 0 Å². The average Bonchev–Trinajstić information content (AvgIpc) is 2.46. The standard InChI is InChI=1S/C9H10N2O2S/c1-11-4-3-7-5-8(14(2,12)13)6-10-9(7)11/h3-6H,1-2H3. The molecule has 5 heteroatoms. The van der Waals surface area contributed by atoms with Crippen molar-refractivity contribution < 1.29 is 8.42 Å². The first-order valence-corrected chi connectivity index (χ1v) is 5.99. The van der Waals surface area contributed by atoms with Crippen molar-refractivity contribution in [3.8, 4) is 0 Å². The van der Waals surface area contributed by atoms with Crippen LogP contribution in [0.25, 0.3) is 11.0 Å². The SMILES string of the molecule is Cn1ccc2cc(S(C)(=O)=O)cnc21. The van der Waals surface area contributed by atoms with E-state index in [1.807, 2.05) is 23.9 Å². The summed E-state index contributed by atoms with van der Waals surface area (Å²) in [5.74, 6) is 0. The van der Waals surface area contributed by atoms with Crippen molar-refractivity contribution in [2.45, 2.75) is 4.90 Å². The number of sulfone groups is 1. The first-order chi connectivity index (χ1) is 6.48. The Morgan fingerprint density at radius 3 is 2.79 bits per heavy atom. The molecule has 0 aliphatic heterocycles. The van der Waals surface area contributed by atoms with Gasteiger partial charge in [0.1, 0.15) is 5.65 Å². The van der Waals surface area contributed by atoms with Gasteiger partial charge in [-0.1, -0.05) is 0 Å². The van der Waals surface area contributed by atoms with E-state index in [4.69, 9.17) is 0 Å². The normalized spacial score (nSPS) is 12.1. The number of hydrogen-bond acceptors (Lipinski definition) is 3. The molecule has 14 heavy (non-hydrogen) atoms. The fraction of sp³-hybridized carbons (Fsp3) is 0.222. The van der Waals surface area contributed by atoms with Gasteiger partial charge in [0.05, 0.1) is 4.90 Å². The van der Waals surface area contributed by atoms with Gasteiger partial charge in [0.15, 0.2) is 9.84 Å². The number of hydrogen-bond donors (Lipinski definition) is 0. The van der Waals surface area contributed by atoms with Crippen molar-refractivity contribution >= 4 is 20.9 Å². The number of nitrogens with zero attached hydrogens (tertiary/aromatic N) is 2. The molecular weight excluding hydrogens is 200 g/mol. The molecule has 0 aliphatic rings. The highest BCUT2D eigenvalue weighted by Crippen LogP contribution is 2.16. The Morgan fingerprint density at radius 1 is 1.43 bits per heavy atom. The summed E-state index contributed by atoms with van der Waals surface area (Å²) in [7, 11) is -1.29. The van der Waals surface area contributed by atoms with Crippen LogP contribution in [0.2, 0.25) is 0 Å². The predicted molar refractivity (Wildman–Crippen MR) is 53.8 cm³/mol. The van der Waals surface area contributed by atoms with Gasteiger partial charge in [0, 0.05) is 31.1 Å². The third kappa shape index (κ3) is 1.39. The molecule has 0 fully saturated rings. The molecule has 2 rings (SSSR count). The Balaban J connectivity index is 2.76. The van der Waals surface area contributed by atoms with E-state index in [-0.39, 0.29) is 4.90 Å². The highest BCUT2D eigenvalue weighted by Gasteiger charge is 2.09. The summed E-state index contributed by atoms with van der Waals surface area (Å²) in [6, 6.07) is 3.48. The van der Waals surface area contributed by atoms with Crippen LogP contribution in [0, 0.1) is 0 Å². The minimum Gasteiger partial charge on any atom is -0.336 e. The van der Waals surface area contributed by atoms with Gasteiger partial charge in [0.2, 0.25) is 0 Å². The van der Waals surface area contributed by atoms with Crippen LogP contribution in [0.3, 0.4) is 0 Å². The summed E-state index contributed by atoms with van der Waals surface area (Å²) >= 11 is 0. The minimum absolute atomic E-state index is 0.260. The summed E-state index contributed by atoms with van der Waals surface area (Å²) in [5, 5.41) is 0.843. The van der Waals surface area contributed by atoms with Gasteiger partial charge in [-0.3, -0.25) is 0 Å². The molecule has 0 saturated heterocycles. The van der Waals surface area contributed by atoms with E-state index in [9.17, 15) is 8.42 Å². The van der Waals surface area contributed by atoms with Crippen LogP contribution in [0.5, 0.6) is 0 Å². The Labute approximate surface area is 82.1 Å². The largest absolute Gasteiger partial charge is 0.336 e. The number of aromatic nitrogens is 2. The van der Waals surface area contributed by atoms with Crippen LogP contribution in [0.15, 0.2) is 29.4 Å². The van der Waals surface area contributed by atoms with E-state index in [1.54, 1.807) is 6.07 Å². The van der Waals surface area contributed by atoms with E-state index in [1.165, 1.54) is 12.5 Å². The van der Waals surface area contributed by atoms with E-state index >= 15 is 0 Å². The van der Waals surface area contributed by atoms with E-state index < -0.39 is 9.84 Å². The first kappa shape index (κ1) is 9.21. The van der Waals surface area contributed by atoms with Crippen LogP contribution in [0.4, 0.5) is 0 Å². The lowest BCUT2D eigenvalue weighted by Crippen LogP contribution is -1.98. The lowest BCUT2D eigenvalue weighted by atomic mass is 10.3. The molecule has 2 aromatic rings. The zero-order chi connectivity index (χ0) is 10.3. The summed E-state index contributed by atoms with van der Waals surface area (Å²) in [6.07, 6.45) is 4.42. The fourth-order valence-electron chi connectivity index (χ4n) is 1.34. The Kier molecular flexibility index (Phi) is 1.85. The summed E-state index contributed by atoms with van der Waals surface area (Å²) < 4.78 is 24.3. The summed E-state index contributed by atoms with van der Waals surface area (Å²) in [6.45, 7) is 0.